The minimum absolute atomic E-state index is 0.0277. The molecular weight excluding hydrogens is 492 g/mol. The maximum Gasteiger partial charge on any atom is 0.243 e. The summed E-state index contributed by atoms with van der Waals surface area (Å²) in [6, 6.07) is 14.7. The molecule has 194 valence electrons. The van der Waals surface area contributed by atoms with Crippen molar-refractivity contribution >= 4 is 32.7 Å². The van der Waals surface area contributed by atoms with Gasteiger partial charge in [-0.1, -0.05) is 6.07 Å². The van der Waals surface area contributed by atoms with Crippen molar-refractivity contribution in [3.8, 4) is 11.5 Å². The predicted molar refractivity (Wildman–Crippen MR) is 139 cm³/mol. The molecule has 3 aromatic rings. The molecule has 6 rings (SSSR count). The lowest BCUT2D eigenvalue weighted by molar-refractivity contribution is -0.125. The number of carbonyl (C=O) groups is 1. The number of anilines is 1. The van der Waals surface area contributed by atoms with E-state index >= 15 is 0 Å². The first-order valence-electron chi connectivity index (χ1n) is 12.8. The van der Waals surface area contributed by atoms with Gasteiger partial charge in [0.25, 0.3) is 0 Å². The fourth-order valence-electron chi connectivity index (χ4n) is 5.29. The summed E-state index contributed by atoms with van der Waals surface area (Å²) in [7, 11) is -3.47. The maximum atomic E-state index is 13.0. The van der Waals surface area contributed by atoms with Crippen molar-refractivity contribution in [1.82, 2.24) is 14.6 Å². The molecule has 1 atom stereocenters. The van der Waals surface area contributed by atoms with E-state index in [0.717, 1.165) is 60.3 Å². The minimum Gasteiger partial charge on any atom is -0.454 e. The number of hydrogen-bond donors (Lipinski definition) is 1. The van der Waals surface area contributed by atoms with Gasteiger partial charge < -0.3 is 19.7 Å². The fourth-order valence-corrected chi connectivity index (χ4v) is 6.84. The summed E-state index contributed by atoms with van der Waals surface area (Å²) in [6.45, 7) is 3.24. The monoisotopic (exact) mass is 522 g/mol. The molecule has 0 saturated carbocycles. The zero-order chi connectivity index (χ0) is 25.4. The Balaban J connectivity index is 1.12. The number of pyridine rings is 1. The summed E-state index contributed by atoms with van der Waals surface area (Å²) in [6.07, 6.45) is 3.54. The number of nitrogens with zero attached hydrogens (tertiary/aromatic N) is 3. The number of carbonyl (C=O) groups excluding carboxylic acids is 1. The Hall–Kier alpha value is -3.37. The third kappa shape index (κ3) is 4.83. The van der Waals surface area contributed by atoms with Crippen molar-refractivity contribution in [3.05, 3.63) is 54.1 Å². The number of sulfonamides is 1. The SMILES string of the molecule is O=C(NCc1ccc2c(c1)OCO2)[C@H]1CCCN(c2ccc3cc(S(=O)(=O)N4CCCC4)ccc3n2)C1. The summed E-state index contributed by atoms with van der Waals surface area (Å²) < 4.78 is 38.2. The third-order valence-corrected chi connectivity index (χ3v) is 9.26. The van der Waals surface area contributed by atoms with Gasteiger partial charge in [0.15, 0.2) is 11.5 Å². The summed E-state index contributed by atoms with van der Waals surface area (Å²) in [5, 5.41) is 3.85. The number of amides is 1. The number of aromatic nitrogens is 1. The van der Waals surface area contributed by atoms with Crippen LogP contribution in [-0.4, -0.2) is 56.6 Å². The van der Waals surface area contributed by atoms with Crippen LogP contribution in [0.1, 0.15) is 31.2 Å². The molecule has 1 amide bonds. The molecule has 0 unspecified atom stereocenters. The van der Waals surface area contributed by atoms with Crippen LogP contribution in [-0.2, 0) is 21.4 Å². The van der Waals surface area contributed by atoms with Crippen LogP contribution in [0.3, 0.4) is 0 Å². The molecule has 0 radical (unpaired) electrons. The van der Waals surface area contributed by atoms with Gasteiger partial charge in [0.1, 0.15) is 5.82 Å². The Morgan fingerprint density at radius 1 is 0.973 bits per heavy atom. The van der Waals surface area contributed by atoms with Gasteiger partial charge in [0, 0.05) is 38.1 Å². The summed E-state index contributed by atoms with van der Waals surface area (Å²) in [5.41, 5.74) is 1.71. The van der Waals surface area contributed by atoms with Gasteiger partial charge in [-0.25, -0.2) is 13.4 Å². The number of hydrogen-bond acceptors (Lipinski definition) is 7. The molecule has 0 bridgehead atoms. The van der Waals surface area contributed by atoms with Crippen molar-refractivity contribution < 1.29 is 22.7 Å². The van der Waals surface area contributed by atoms with Crippen LogP contribution in [0.2, 0.25) is 0 Å². The van der Waals surface area contributed by atoms with Crippen molar-refractivity contribution in [1.29, 1.82) is 0 Å². The molecular formula is C27H30N4O5S. The molecule has 3 aliphatic rings. The average Bonchev–Trinajstić information content (AvgIpc) is 3.64. The molecule has 3 aliphatic heterocycles. The molecule has 1 N–H and O–H groups in total. The Labute approximate surface area is 216 Å². The Bertz CT molecular complexity index is 1440. The summed E-state index contributed by atoms with van der Waals surface area (Å²) in [4.78, 5) is 20.2. The highest BCUT2D eigenvalue weighted by molar-refractivity contribution is 7.89. The predicted octanol–water partition coefficient (Wildman–Crippen LogP) is 3.28. The summed E-state index contributed by atoms with van der Waals surface area (Å²) >= 11 is 0. The van der Waals surface area contributed by atoms with Crippen LogP contribution < -0.4 is 19.7 Å². The highest BCUT2D eigenvalue weighted by Gasteiger charge is 2.28. The number of piperidine rings is 1. The van der Waals surface area contributed by atoms with Gasteiger partial charge in [-0.15, -0.1) is 0 Å². The molecule has 2 saturated heterocycles. The van der Waals surface area contributed by atoms with Crippen LogP contribution in [0.15, 0.2) is 53.4 Å². The third-order valence-electron chi connectivity index (χ3n) is 7.37. The van der Waals surface area contributed by atoms with Crippen molar-refractivity contribution in [2.24, 2.45) is 5.92 Å². The molecule has 37 heavy (non-hydrogen) atoms. The first-order valence-corrected chi connectivity index (χ1v) is 14.2. The molecule has 1 aromatic heterocycles. The Morgan fingerprint density at radius 3 is 2.68 bits per heavy atom. The van der Waals surface area contributed by atoms with E-state index in [0.29, 0.717) is 36.8 Å². The second kappa shape index (κ2) is 9.83. The standard InChI is InChI=1S/C27H30N4O5S/c32-27(28-16-19-5-9-24-25(14-19)36-18-35-24)21-4-3-11-30(17-21)26-10-6-20-15-22(7-8-23(20)29-26)37(33,34)31-12-1-2-13-31/h5-10,14-15,21H,1-4,11-13,16-18H2,(H,28,32)/t21-/m0/s1. The quantitative estimate of drug-likeness (QED) is 0.530. The van der Waals surface area contributed by atoms with Crippen molar-refractivity contribution in [2.45, 2.75) is 37.1 Å². The lowest BCUT2D eigenvalue weighted by atomic mass is 9.97. The maximum absolute atomic E-state index is 13.0. The van der Waals surface area contributed by atoms with Gasteiger partial charge in [-0.3, -0.25) is 4.79 Å². The van der Waals surface area contributed by atoms with Crippen LogP contribution in [0.5, 0.6) is 11.5 Å². The fraction of sp³-hybridized carbons (Fsp3) is 0.407. The van der Waals surface area contributed by atoms with E-state index < -0.39 is 10.0 Å². The molecule has 0 spiro atoms. The van der Waals surface area contributed by atoms with E-state index in [1.807, 2.05) is 30.3 Å². The molecule has 4 heterocycles. The van der Waals surface area contributed by atoms with E-state index in [4.69, 9.17) is 14.5 Å². The second-order valence-electron chi connectivity index (χ2n) is 9.83. The zero-order valence-electron chi connectivity index (χ0n) is 20.6. The van der Waals surface area contributed by atoms with Crippen molar-refractivity contribution in [3.63, 3.8) is 0 Å². The zero-order valence-corrected chi connectivity index (χ0v) is 21.4. The van der Waals surface area contributed by atoms with Crippen LogP contribution in [0.4, 0.5) is 5.82 Å². The van der Waals surface area contributed by atoms with E-state index in [-0.39, 0.29) is 18.6 Å². The average molecular weight is 523 g/mol. The van der Waals surface area contributed by atoms with E-state index in [1.54, 1.807) is 22.5 Å². The number of fused-ring (bicyclic) bond motifs is 2. The van der Waals surface area contributed by atoms with Gasteiger partial charge in [-0.2, -0.15) is 4.31 Å². The van der Waals surface area contributed by atoms with E-state index in [1.165, 1.54) is 0 Å². The molecule has 2 aromatic carbocycles. The van der Waals surface area contributed by atoms with Crippen LogP contribution in [0.25, 0.3) is 10.9 Å². The normalized spacial score (nSPS) is 19.9. The highest BCUT2D eigenvalue weighted by atomic mass is 32.2. The first-order chi connectivity index (χ1) is 18.0. The van der Waals surface area contributed by atoms with Gasteiger partial charge >= 0.3 is 0 Å². The van der Waals surface area contributed by atoms with E-state index in [9.17, 15) is 13.2 Å². The van der Waals surface area contributed by atoms with Gasteiger partial charge in [0.05, 0.1) is 16.3 Å². The minimum atomic E-state index is -3.47. The largest absolute Gasteiger partial charge is 0.454 e. The van der Waals surface area contributed by atoms with Crippen LogP contribution >= 0.6 is 0 Å². The Kier molecular flexibility index (Phi) is 6.37. The topological polar surface area (TPSA) is 101 Å². The number of ether oxygens (including phenoxy) is 2. The lowest BCUT2D eigenvalue weighted by Crippen LogP contribution is -2.43. The molecule has 2 fully saturated rings. The Morgan fingerprint density at radius 2 is 1.81 bits per heavy atom. The van der Waals surface area contributed by atoms with E-state index in [2.05, 4.69) is 10.2 Å². The first kappa shape index (κ1) is 24.0. The van der Waals surface area contributed by atoms with Crippen LogP contribution in [0, 0.1) is 5.92 Å². The lowest BCUT2D eigenvalue weighted by Gasteiger charge is -2.33. The molecule has 10 heteroatoms. The highest BCUT2D eigenvalue weighted by Crippen LogP contribution is 2.32. The second-order valence-corrected chi connectivity index (χ2v) is 11.8. The molecule has 9 nitrogen and oxygen atoms in total. The van der Waals surface area contributed by atoms with Gasteiger partial charge in [0.2, 0.25) is 22.7 Å². The smallest absolute Gasteiger partial charge is 0.243 e. The summed E-state index contributed by atoms with van der Waals surface area (Å²) in [5.74, 6) is 2.13. The number of rotatable bonds is 6. The van der Waals surface area contributed by atoms with Crippen molar-refractivity contribution in [2.75, 3.05) is 37.9 Å². The van der Waals surface area contributed by atoms with Gasteiger partial charge in [-0.05, 0) is 73.7 Å². The molecule has 0 aliphatic carbocycles. The number of nitrogens with one attached hydrogen (secondary N) is 1. The number of benzene rings is 2.